The minimum absolute atomic E-state index is 0.00467. The van der Waals surface area contributed by atoms with Crippen LogP contribution in [-0.4, -0.2) is 187 Å². The number of para-hydroxylation sites is 4. The van der Waals surface area contributed by atoms with E-state index in [0.717, 1.165) is 124 Å². The third-order valence-corrected chi connectivity index (χ3v) is 22.7. The van der Waals surface area contributed by atoms with Crippen LogP contribution >= 0.6 is 11.6 Å². The number of halogens is 2. The number of hydrogen-bond acceptors (Lipinski definition) is 14. The maximum absolute atomic E-state index is 15.1. The molecule has 9 N–H and O–H groups in total. The lowest BCUT2D eigenvalue weighted by Gasteiger charge is -2.44. The van der Waals surface area contributed by atoms with E-state index in [4.69, 9.17) is 35.3 Å². The summed E-state index contributed by atoms with van der Waals surface area (Å²) in [5.74, 6) is 2.49. The molecule has 0 aromatic heterocycles. The van der Waals surface area contributed by atoms with Crippen molar-refractivity contribution in [1.29, 1.82) is 0 Å². The first kappa shape index (κ1) is 89.6. The van der Waals surface area contributed by atoms with Gasteiger partial charge in [-0.3, -0.25) is 0 Å². The number of carbonyl (C=O) groups is 3. The normalized spacial score (nSPS) is 19.2. The Morgan fingerprint density at radius 3 is 1.44 bits per heavy atom. The molecule has 0 bridgehead atoms. The number of rotatable bonds is 37. The van der Waals surface area contributed by atoms with E-state index in [0.29, 0.717) is 115 Å². The SMILES string of the molecule is CCc1ccccc1Oc1ccccc1[C@](O)(CCCCOC)[C@@H]1CCCN(C(=O)N[C@@H](C)CNC)C1.CNCC(C)(C)NC(=O)N1CCC[C@@H]([C@@](O)(CCCCOC)c2ccccc2Oc2ccccc2C)C1.CNC[C@H](CC1CCCC1)NC(=O)N1CCC[C@@H]([C@@](O)(CCCCOC)c2cccc(Cl)c2F)C1. The fourth-order valence-electron chi connectivity index (χ4n) is 16.6. The average Bonchev–Trinajstić information content (AvgIpc) is 1.34. The zero-order valence-electron chi connectivity index (χ0n) is 67.5. The van der Waals surface area contributed by atoms with Crippen LogP contribution in [0.5, 0.6) is 23.0 Å². The molecule has 8 atom stereocenters. The van der Waals surface area contributed by atoms with Crippen LogP contribution in [0.25, 0.3) is 0 Å². The first-order chi connectivity index (χ1) is 52.5. The highest BCUT2D eigenvalue weighted by Gasteiger charge is 2.47. The molecule has 22 heteroatoms. The molecule has 1 saturated carbocycles. The zero-order chi connectivity index (χ0) is 78.8. The number of piperidine rings is 3. The molecule has 3 aliphatic heterocycles. The molecule has 4 fully saturated rings. The molecule has 5 aromatic carbocycles. The maximum atomic E-state index is 15.1. The number of likely N-dealkylation sites (tertiary alicyclic amines) is 3. The van der Waals surface area contributed by atoms with Crippen molar-refractivity contribution in [2.75, 3.05) is 121 Å². The summed E-state index contributed by atoms with van der Waals surface area (Å²) < 4.78 is 43.7. The lowest BCUT2D eigenvalue weighted by Crippen LogP contribution is -2.57. The molecule has 3 heterocycles. The third kappa shape index (κ3) is 26.5. The summed E-state index contributed by atoms with van der Waals surface area (Å²) in [5, 5.41) is 55.8. The smallest absolute Gasteiger partial charge is 0.317 e. The zero-order valence-corrected chi connectivity index (χ0v) is 68.2. The number of likely N-dealkylation sites (N-methyl/N-ethyl adjacent to an activating group) is 3. The van der Waals surface area contributed by atoms with Crippen LogP contribution in [0.15, 0.2) is 115 Å². The first-order valence-electron chi connectivity index (χ1n) is 40.4. The molecule has 9 rings (SSSR count). The Morgan fingerprint density at radius 2 is 0.963 bits per heavy atom. The number of hydrogen-bond donors (Lipinski definition) is 9. The molecule has 4 aliphatic rings. The lowest BCUT2D eigenvalue weighted by atomic mass is 9.73. The number of benzene rings is 5. The number of amides is 6. The molecule has 5 aromatic rings. The second kappa shape index (κ2) is 45.8. The van der Waals surface area contributed by atoms with Crippen molar-refractivity contribution in [3.63, 3.8) is 0 Å². The van der Waals surface area contributed by atoms with Gasteiger partial charge in [0.2, 0.25) is 0 Å². The third-order valence-electron chi connectivity index (χ3n) is 22.4. The van der Waals surface area contributed by atoms with Crippen molar-refractivity contribution < 1.29 is 57.8 Å². The van der Waals surface area contributed by atoms with Crippen LogP contribution < -0.4 is 41.4 Å². The predicted molar refractivity (Wildman–Crippen MR) is 434 cm³/mol. The molecule has 0 radical (unpaired) electrons. The van der Waals surface area contributed by atoms with E-state index >= 15 is 4.39 Å². The summed E-state index contributed by atoms with van der Waals surface area (Å²) in [5.41, 5.74) is -0.119. The van der Waals surface area contributed by atoms with Gasteiger partial charge in [-0.2, -0.15) is 0 Å². The van der Waals surface area contributed by atoms with Gasteiger partial charge >= 0.3 is 18.1 Å². The first-order valence-corrected chi connectivity index (χ1v) is 40.8. The average molecular weight is 1540 g/mol. The van der Waals surface area contributed by atoms with Crippen LogP contribution in [0.4, 0.5) is 18.8 Å². The number of aliphatic hydroxyl groups is 3. The number of carbonyl (C=O) groups excluding carboxylic acids is 3. The van der Waals surface area contributed by atoms with Gasteiger partial charge in [-0.05, 0) is 205 Å². The van der Waals surface area contributed by atoms with E-state index in [2.05, 4.69) is 44.9 Å². The van der Waals surface area contributed by atoms with Crippen molar-refractivity contribution in [3.8, 4) is 23.0 Å². The van der Waals surface area contributed by atoms with Gasteiger partial charge in [-0.1, -0.05) is 129 Å². The van der Waals surface area contributed by atoms with E-state index in [-0.39, 0.29) is 64.1 Å². The number of nitrogens with one attached hydrogen (secondary N) is 6. The molecule has 0 unspecified atom stereocenters. The van der Waals surface area contributed by atoms with Crippen molar-refractivity contribution in [2.24, 2.45) is 23.7 Å². The summed E-state index contributed by atoms with van der Waals surface area (Å²) in [6, 6.07) is 36.2. The van der Waals surface area contributed by atoms with Crippen molar-refractivity contribution >= 4 is 29.7 Å². The quantitative estimate of drug-likeness (QED) is 0.0168. The Kier molecular flexibility index (Phi) is 37.6. The topological polar surface area (TPSA) is 240 Å². The highest BCUT2D eigenvalue weighted by molar-refractivity contribution is 6.30. The van der Waals surface area contributed by atoms with Gasteiger partial charge in [0.25, 0.3) is 0 Å². The highest BCUT2D eigenvalue weighted by Crippen LogP contribution is 2.48. The van der Waals surface area contributed by atoms with Gasteiger partial charge in [-0.15, -0.1) is 0 Å². The summed E-state index contributed by atoms with van der Waals surface area (Å²) in [6.45, 7) is 17.5. The van der Waals surface area contributed by atoms with Gasteiger partial charge in [0.05, 0.1) is 21.8 Å². The Hall–Kier alpha value is -6.63. The molecular formula is C87H133ClFN9O11. The molecule has 109 heavy (non-hydrogen) atoms. The molecule has 1 aliphatic carbocycles. The van der Waals surface area contributed by atoms with Crippen LogP contribution in [0.1, 0.15) is 184 Å². The Bertz CT molecular complexity index is 3520. The highest BCUT2D eigenvalue weighted by atomic mass is 35.5. The van der Waals surface area contributed by atoms with Crippen LogP contribution in [0.3, 0.4) is 0 Å². The standard InChI is InChI=1S/2C30H45N3O4.C27H43ClFN3O3/c1-23-13-6-8-16-26(23)37-27-17-9-7-15-25(27)30(35,18-10-11-20-36-5)24-14-12-19-33(21-24)28(34)32-29(2,3)22-31-4;1-5-24-13-6-8-16-27(24)37-28-17-9-7-15-26(28)30(35,18-10-11-20-36-4)25-14-12-19-33(22-25)29(34)32-23(2)21-31-3;1-30-18-22(17-20-9-3-4-10-20)31-26(33)32-15-8-11-21(19-32)27(34,14-5-6-16-35-2)23-12-7-13-24(28)25(23)29/h6-9,13,15-17,24,31,35H,10-12,14,18-22H2,1-5H3,(H,32,34);6-9,13,15-17,23,25,31,35H,5,10-12,14,18-22H2,1-4H3,(H,32,34);7,12-13,20-22,30,34H,3-6,8-11,14-19H2,1-2H3,(H,31,33)/t24-,30+;23-,25+,30-;21-,22+,27+/m101/s1. The van der Waals surface area contributed by atoms with E-state index in [1.807, 2.05) is 150 Å². The van der Waals surface area contributed by atoms with E-state index in [1.165, 1.54) is 31.7 Å². The monoisotopic (exact) mass is 1530 g/mol. The van der Waals surface area contributed by atoms with Gasteiger partial charge in [-0.25, -0.2) is 18.8 Å². The molecule has 6 amide bonds. The molecule has 3 saturated heterocycles. The summed E-state index contributed by atoms with van der Waals surface area (Å²) >= 11 is 6.09. The summed E-state index contributed by atoms with van der Waals surface area (Å²) in [4.78, 5) is 45.0. The molecule has 606 valence electrons. The Labute approximate surface area is 656 Å². The lowest BCUT2D eigenvalue weighted by molar-refractivity contribution is -0.0589. The molecule has 20 nitrogen and oxygen atoms in total. The van der Waals surface area contributed by atoms with Crippen molar-refractivity contribution in [3.05, 3.63) is 154 Å². The van der Waals surface area contributed by atoms with Gasteiger partial charge < -0.3 is 85.6 Å². The minimum atomic E-state index is -1.41. The molecular weight excluding hydrogens is 1400 g/mol. The van der Waals surface area contributed by atoms with E-state index < -0.39 is 22.6 Å². The number of unbranched alkanes of at least 4 members (excludes halogenated alkanes) is 3. The van der Waals surface area contributed by atoms with Crippen LogP contribution in [0.2, 0.25) is 5.02 Å². The van der Waals surface area contributed by atoms with Gasteiger partial charge in [0, 0.05) is 152 Å². The minimum Gasteiger partial charge on any atom is -0.457 e. The number of urea groups is 3. The second-order valence-electron chi connectivity index (χ2n) is 31.3. The number of nitrogens with zero attached hydrogens (tertiary/aromatic N) is 3. The van der Waals surface area contributed by atoms with Crippen LogP contribution in [0, 0.1) is 36.4 Å². The Balaban J connectivity index is 0.000000228. The maximum Gasteiger partial charge on any atom is 0.317 e. The fourth-order valence-corrected chi connectivity index (χ4v) is 16.8. The van der Waals surface area contributed by atoms with Gasteiger partial charge in [0.1, 0.15) is 28.8 Å². The molecule has 0 spiro atoms. The summed E-state index contributed by atoms with van der Waals surface area (Å²) in [6.07, 6.45) is 18.0. The van der Waals surface area contributed by atoms with Gasteiger partial charge in [0.15, 0.2) is 0 Å². The van der Waals surface area contributed by atoms with E-state index in [1.54, 1.807) is 38.4 Å². The number of methoxy groups -OCH3 is 3. The predicted octanol–water partition coefficient (Wildman–Crippen LogP) is 15.4. The summed E-state index contributed by atoms with van der Waals surface area (Å²) in [7, 11) is 10.7. The number of ether oxygens (including phenoxy) is 5. The fraction of sp³-hybridized carbons (Fsp3) is 0.621. The number of aryl methyl sites for hydroxylation is 2. The van der Waals surface area contributed by atoms with E-state index in [9.17, 15) is 29.7 Å². The van der Waals surface area contributed by atoms with Crippen molar-refractivity contribution in [2.45, 2.75) is 204 Å². The second-order valence-corrected chi connectivity index (χ2v) is 31.8. The Morgan fingerprint density at radius 1 is 0.532 bits per heavy atom. The van der Waals surface area contributed by atoms with Crippen LogP contribution in [-0.2, 0) is 37.4 Å². The largest absolute Gasteiger partial charge is 0.457 e. The van der Waals surface area contributed by atoms with Crippen molar-refractivity contribution in [1.82, 2.24) is 46.6 Å².